The van der Waals surface area contributed by atoms with Crippen LogP contribution in [0.1, 0.15) is 17.9 Å². The van der Waals surface area contributed by atoms with Crippen molar-refractivity contribution in [3.05, 3.63) is 66.1 Å². The minimum atomic E-state index is -2.80. The average molecular weight is 377 g/mol. The Morgan fingerprint density at radius 3 is 2.31 bits per heavy atom. The molecule has 5 nitrogen and oxygen atoms in total. The van der Waals surface area contributed by atoms with Crippen LogP contribution in [-0.4, -0.2) is 26.5 Å². The predicted molar refractivity (Wildman–Crippen MR) is 98.5 cm³/mol. The first-order valence-corrected chi connectivity index (χ1v) is 9.79. The summed E-state index contributed by atoms with van der Waals surface area (Å²) in [5, 5.41) is 6.94. The Hall–Kier alpha value is -2.74. The first-order chi connectivity index (χ1) is 12.3. The van der Waals surface area contributed by atoms with Crippen LogP contribution in [0.2, 0.25) is 0 Å². The van der Waals surface area contributed by atoms with Crippen molar-refractivity contribution in [2.75, 3.05) is 10.6 Å². The van der Waals surface area contributed by atoms with E-state index in [1.54, 1.807) is 34.8 Å². The lowest BCUT2D eigenvalue weighted by Gasteiger charge is -2.26. The van der Waals surface area contributed by atoms with Gasteiger partial charge in [-0.3, -0.25) is 4.31 Å². The first kappa shape index (κ1) is 18.1. The number of rotatable bonds is 6. The van der Waals surface area contributed by atoms with E-state index in [0.717, 1.165) is 11.3 Å². The summed E-state index contributed by atoms with van der Waals surface area (Å²) in [5.74, 6) is 3.10. The molecule has 0 aliphatic heterocycles. The molecule has 0 aliphatic rings. The predicted octanol–water partition coefficient (Wildman–Crippen LogP) is 3.94. The highest BCUT2D eigenvalue weighted by atomic mass is 32.2. The number of benzene rings is 2. The largest absolute Gasteiger partial charge is 0.415 e. The van der Waals surface area contributed by atoms with Gasteiger partial charge in [0.15, 0.2) is 0 Å². The lowest BCUT2D eigenvalue weighted by Crippen LogP contribution is -2.29. The number of nitrogens with zero attached hydrogens (tertiary/aromatic N) is 3. The van der Waals surface area contributed by atoms with Gasteiger partial charge in [-0.15, -0.1) is 10.2 Å². The molecule has 0 spiro atoms. The summed E-state index contributed by atoms with van der Waals surface area (Å²) < 4.78 is 44.3. The third kappa shape index (κ3) is 4.08. The Labute approximate surface area is 150 Å². The molecule has 0 fully saturated rings. The van der Waals surface area contributed by atoms with E-state index < -0.39 is 22.0 Å². The molecule has 2 aromatic carbocycles. The van der Waals surface area contributed by atoms with Crippen LogP contribution in [0.4, 0.5) is 14.5 Å². The van der Waals surface area contributed by atoms with E-state index in [4.69, 9.17) is 4.42 Å². The maximum absolute atomic E-state index is 12.6. The summed E-state index contributed by atoms with van der Waals surface area (Å²) in [6.07, 6.45) is -1.22. The fourth-order valence-electron chi connectivity index (χ4n) is 2.40. The van der Waals surface area contributed by atoms with Crippen molar-refractivity contribution in [2.45, 2.75) is 13.0 Å². The summed E-state index contributed by atoms with van der Waals surface area (Å²) in [7, 11) is -2.48. The highest BCUT2D eigenvalue weighted by molar-refractivity contribution is 8.00. The van der Waals surface area contributed by atoms with E-state index in [0.29, 0.717) is 12.1 Å². The number of hydrogen-bond donors (Lipinski definition) is 0. The third-order valence-corrected chi connectivity index (χ3v) is 4.94. The maximum Gasteiger partial charge on any atom is 0.314 e. The lowest BCUT2D eigenvalue weighted by atomic mass is 10.1. The Bertz CT molecular complexity index is 971. The summed E-state index contributed by atoms with van der Waals surface area (Å²) in [6, 6.07) is 16.3. The van der Waals surface area contributed by atoms with Crippen molar-refractivity contribution in [1.29, 1.82) is 0 Å². The molecular weight excluding hydrogens is 360 g/mol. The first-order valence-electron chi connectivity index (χ1n) is 7.70. The molecular formula is C18H17F2N3O2S. The quantitative estimate of drug-likeness (QED) is 0.611. The molecule has 1 unspecified atom stereocenters. The molecule has 0 aliphatic carbocycles. The lowest BCUT2D eigenvalue weighted by molar-refractivity contribution is 0.116. The van der Waals surface area contributed by atoms with Crippen molar-refractivity contribution in [1.82, 2.24) is 10.2 Å². The van der Waals surface area contributed by atoms with E-state index in [-0.39, 0.29) is 5.89 Å². The SMILES string of the molecule is C=S(C)(=O)N(Cc1ccc(-c2nnc(C(F)F)o2)cc1)c1ccccc1. The van der Waals surface area contributed by atoms with Gasteiger partial charge in [0.25, 0.3) is 5.89 Å². The highest BCUT2D eigenvalue weighted by Crippen LogP contribution is 2.25. The van der Waals surface area contributed by atoms with Crippen LogP contribution in [0.15, 0.2) is 59.0 Å². The van der Waals surface area contributed by atoms with Gasteiger partial charge in [-0.2, -0.15) is 8.78 Å². The second-order valence-electron chi connectivity index (χ2n) is 5.77. The van der Waals surface area contributed by atoms with E-state index in [2.05, 4.69) is 16.1 Å². The normalized spacial score (nSPS) is 13.5. The fourth-order valence-corrected chi connectivity index (χ4v) is 3.39. The van der Waals surface area contributed by atoms with Gasteiger partial charge in [0, 0.05) is 27.2 Å². The number of anilines is 1. The van der Waals surface area contributed by atoms with Crippen molar-refractivity contribution in [2.24, 2.45) is 0 Å². The van der Waals surface area contributed by atoms with E-state index >= 15 is 0 Å². The minimum absolute atomic E-state index is 0.0308. The maximum atomic E-state index is 12.6. The van der Waals surface area contributed by atoms with Crippen molar-refractivity contribution in [3.63, 3.8) is 0 Å². The van der Waals surface area contributed by atoms with Crippen molar-refractivity contribution in [3.8, 4) is 11.5 Å². The van der Waals surface area contributed by atoms with Crippen molar-refractivity contribution >= 4 is 21.3 Å². The molecule has 0 N–H and O–H groups in total. The number of hydrogen-bond acceptors (Lipinski definition) is 4. The van der Waals surface area contributed by atoms with Crippen LogP contribution < -0.4 is 4.31 Å². The number of para-hydroxylation sites is 1. The molecule has 26 heavy (non-hydrogen) atoms. The minimum Gasteiger partial charge on any atom is -0.415 e. The van der Waals surface area contributed by atoms with E-state index in [1.165, 1.54) is 0 Å². The van der Waals surface area contributed by atoms with Gasteiger partial charge in [-0.25, -0.2) is 4.21 Å². The topological polar surface area (TPSA) is 59.2 Å². The van der Waals surface area contributed by atoms with Gasteiger partial charge >= 0.3 is 6.43 Å². The Morgan fingerprint density at radius 2 is 1.77 bits per heavy atom. The average Bonchev–Trinajstić information content (AvgIpc) is 3.10. The van der Waals surface area contributed by atoms with Crippen LogP contribution in [0.25, 0.3) is 11.5 Å². The van der Waals surface area contributed by atoms with Crippen LogP contribution in [0.3, 0.4) is 0 Å². The van der Waals surface area contributed by atoms with Gasteiger partial charge in [0.05, 0.1) is 6.54 Å². The molecule has 0 amide bonds. The van der Waals surface area contributed by atoms with Crippen LogP contribution in [0, 0.1) is 0 Å². The second kappa shape index (κ2) is 7.25. The fraction of sp³-hybridized carbons (Fsp3) is 0.167. The number of aromatic nitrogens is 2. The monoisotopic (exact) mass is 377 g/mol. The Morgan fingerprint density at radius 1 is 1.12 bits per heavy atom. The Kier molecular flexibility index (Phi) is 5.03. The van der Waals surface area contributed by atoms with Crippen LogP contribution >= 0.6 is 0 Å². The zero-order chi connectivity index (χ0) is 18.7. The van der Waals surface area contributed by atoms with Gasteiger partial charge in [-0.1, -0.05) is 30.3 Å². The summed E-state index contributed by atoms with van der Waals surface area (Å²) in [4.78, 5) is 0. The molecule has 3 aromatic rings. The molecule has 1 atom stereocenters. The van der Waals surface area contributed by atoms with E-state index in [9.17, 15) is 13.0 Å². The molecule has 0 bridgehead atoms. The third-order valence-electron chi connectivity index (χ3n) is 3.66. The van der Waals surface area contributed by atoms with E-state index in [1.807, 2.05) is 30.3 Å². The molecule has 136 valence electrons. The summed E-state index contributed by atoms with van der Waals surface area (Å²) in [6.45, 7) is 0.384. The molecule has 3 rings (SSSR count). The van der Waals surface area contributed by atoms with Crippen molar-refractivity contribution < 1.29 is 17.4 Å². The standard InChI is InChI=1S/C18H17F2N3O2S/c1-26(2,24)23(15-6-4-3-5-7-15)12-13-8-10-14(11-9-13)17-21-22-18(25-17)16(19)20/h3-11,16H,1,12H2,2H3. The van der Waals surface area contributed by atoms with Crippen LogP contribution in [0.5, 0.6) is 0 Å². The Balaban J connectivity index is 1.83. The molecule has 0 saturated heterocycles. The summed E-state index contributed by atoms with van der Waals surface area (Å²) >= 11 is 0. The summed E-state index contributed by atoms with van der Waals surface area (Å²) in [5.41, 5.74) is 2.22. The van der Waals surface area contributed by atoms with Crippen LogP contribution in [-0.2, 0) is 16.3 Å². The zero-order valence-electron chi connectivity index (χ0n) is 14.0. The smallest absolute Gasteiger partial charge is 0.314 e. The number of alkyl halides is 2. The highest BCUT2D eigenvalue weighted by Gasteiger charge is 2.17. The van der Waals surface area contributed by atoms with Gasteiger partial charge < -0.3 is 4.42 Å². The zero-order valence-corrected chi connectivity index (χ0v) is 14.8. The second-order valence-corrected chi connectivity index (χ2v) is 8.13. The molecule has 0 saturated carbocycles. The van der Waals surface area contributed by atoms with Gasteiger partial charge in [-0.05, 0) is 35.7 Å². The van der Waals surface area contributed by atoms with Gasteiger partial charge in [0.2, 0.25) is 5.89 Å². The van der Waals surface area contributed by atoms with Gasteiger partial charge in [0.1, 0.15) is 0 Å². The molecule has 0 radical (unpaired) electrons. The molecule has 1 aromatic heterocycles. The molecule has 1 heterocycles. The number of halogens is 2. The molecule has 8 heteroatoms.